The number of phenols is 1. The van der Waals surface area contributed by atoms with Crippen LogP contribution in [0.1, 0.15) is 30.0 Å². The lowest BCUT2D eigenvalue weighted by Crippen LogP contribution is -2.53. The maximum Gasteiger partial charge on any atom is 0.317 e. The third-order valence-electron chi connectivity index (χ3n) is 5.11. The van der Waals surface area contributed by atoms with Gasteiger partial charge in [0.1, 0.15) is 5.75 Å². The van der Waals surface area contributed by atoms with E-state index in [4.69, 9.17) is 0 Å². The molecule has 2 aliphatic heterocycles. The zero-order chi connectivity index (χ0) is 14.4. The van der Waals surface area contributed by atoms with Crippen molar-refractivity contribution in [2.75, 3.05) is 26.2 Å². The van der Waals surface area contributed by atoms with Crippen LogP contribution in [0.3, 0.4) is 0 Å². The summed E-state index contributed by atoms with van der Waals surface area (Å²) in [6, 6.07) is 6.64. The highest BCUT2D eigenvalue weighted by Crippen LogP contribution is 2.37. The highest BCUT2D eigenvalue weighted by Gasteiger charge is 2.38. The number of benzene rings is 1. The number of nitrogens with one attached hydrogen (secondary N) is 1. The number of aryl methyl sites for hydroxylation is 1. The minimum atomic E-state index is 0.0913. The minimum Gasteiger partial charge on any atom is -0.508 e. The molecule has 2 unspecified atom stereocenters. The summed E-state index contributed by atoms with van der Waals surface area (Å²) in [5.41, 5.74) is 2.65. The monoisotopic (exact) mass is 287 g/mol. The van der Waals surface area contributed by atoms with E-state index in [-0.39, 0.29) is 6.03 Å². The smallest absolute Gasteiger partial charge is 0.317 e. The Bertz CT molecular complexity index is 575. The van der Waals surface area contributed by atoms with Gasteiger partial charge in [-0.15, -0.1) is 0 Å². The molecule has 0 saturated carbocycles. The maximum absolute atomic E-state index is 11.7. The zero-order valence-electron chi connectivity index (χ0n) is 12.1. The molecule has 4 rings (SSSR count). The fourth-order valence-corrected chi connectivity index (χ4v) is 4.07. The summed E-state index contributed by atoms with van der Waals surface area (Å²) >= 11 is 0. The van der Waals surface area contributed by atoms with Crippen molar-refractivity contribution in [2.24, 2.45) is 0 Å². The number of nitrogens with zero attached hydrogens (tertiary/aromatic N) is 2. The van der Waals surface area contributed by atoms with Gasteiger partial charge >= 0.3 is 6.03 Å². The molecule has 5 nitrogen and oxygen atoms in total. The van der Waals surface area contributed by atoms with Gasteiger partial charge in [0.2, 0.25) is 0 Å². The fraction of sp³-hybridized carbons (Fsp3) is 0.562. The molecule has 1 aromatic carbocycles. The lowest BCUT2D eigenvalue weighted by Gasteiger charge is -2.42. The van der Waals surface area contributed by atoms with E-state index >= 15 is 0 Å². The normalized spacial score (nSPS) is 29.0. The molecule has 0 radical (unpaired) electrons. The van der Waals surface area contributed by atoms with Crippen LogP contribution in [0, 0.1) is 0 Å². The van der Waals surface area contributed by atoms with Crippen LogP contribution in [0.15, 0.2) is 18.2 Å². The van der Waals surface area contributed by atoms with E-state index in [0.717, 1.165) is 32.6 Å². The average Bonchev–Trinajstić information content (AvgIpc) is 2.87. The van der Waals surface area contributed by atoms with Gasteiger partial charge in [-0.3, -0.25) is 4.90 Å². The van der Waals surface area contributed by atoms with Crippen LogP contribution in [0.25, 0.3) is 0 Å². The standard InChI is InChI=1S/C16H21N3O2/c20-13-4-5-14-11(8-13)2-1-3-15(14)18-6-7-19-12(10-18)9-17-16(19)21/h4-5,8,12,15,20H,1-3,6-7,9-10H2,(H,17,21). The summed E-state index contributed by atoms with van der Waals surface area (Å²) in [5.74, 6) is 0.366. The number of piperazine rings is 1. The molecule has 21 heavy (non-hydrogen) atoms. The Kier molecular flexibility index (Phi) is 3.03. The second kappa shape index (κ2) is 4.91. The molecule has 2 fully saturated rings. The molecule has 0 spiro atoms. The van der Waals surface area contributed by atoms with Crippen molar-refractivity contribution in [3.63, 3.8) is 0 Å². The summed E-state index contributed by atoms with van der Waals surface area (Å²) in [5, 5.41) is 12.6. The molecule has 2 saturated heterocycles. The number of urea groups is 1. The summed E-state index contributed by atoms with van der Waals surface area (Å²) < 4.78 is 0. The van der Waals surface area contributed by atoms with Crippen LogP contribution in [-0.4, -0.2) is 53.2 Å². The molecule has 2 atom stereocenters. The molecule has 112 valence electrons. The van der Waals surface area contributed by atoms with Crippen LogP contribution >= 0.6 is 0 Å². The molecule has 0 aromatic heterocycles. The van der Waals surface area contributed by atoms with Crippen LogP contribution in [0.2, 0.25) is 0 Å². The molecule has 1 aliphatic carbocycles. The van der Waals surface area contributed by atoms with Crippen LogP contribution < -0.4 is 5.32 Å². The number of fused-ring (bicyclic) bond motifs is 2. The van der Waals surface area contributed by atoms with Crippen molar-refractivity contribution in [1.29, 1.82) is 0 Å². The first-order valence-electron chi connectivity index (χ1n) is 7.82. The minimum absolute atomic E-state index is 0.0913. The van der Waals surface area contributed by atoms with Gasteiger partial charge in [0.05, 0.1) is 6.04 Å². The molecule has 3 aliphatic rings. The van der Waals surface area contributed by atoms with E-state index in [2.05, 4.69) is 16.3 Å². The highest BCUT2D eigenvalue weighted by atomic mass is 16.3. The summed E-state index contributed by atoms with van der Waals surface area (Å²) in [6.45, 7) is 3.48. The van der Waals surface area contributed by atoms with Gasteiger partial charge in [-0.2, -0.15) is 0 Å². The second-order valence-electron chi connectivity index (χ2n) is 6.32. The third-order valence-corrected chi connectivity index (χ3v) is 5.11. The van der Waals surface area contributed by atoms with Gasteiger partial charge < -0.3 is 15.3 Å². The number of hydrogen-bond acceptors (Lipinski definition) is 3. The SMILES string of the molecule is O=C1NCC2CN(C3CCCc4cc(O)ccc43)CCN12. The second-order valence-corrected chi connectivity index (χ2v) is 6.32. The Morgan fingerprint density at radius 1 is 1.29 bits per heavy atom. The van der Waals surface area contributed by atoms with E-state index in [1.807, 2.05) is 11.0 Å². The van der Waals surface area contributed by atoms with E-state index in [0.29, 0.717) is 17.8 Å². The van der Waals surface area contributed by atoms with Gasteiger partial charge in [0, 0.05) is 32.2 Å². The predicted molar refractivity (Wildman–Crippen MR) is 79.3 cm³/mol. The number of phenolic OH excluding ortho intramolecular Hbond substituents is 1. The molecular formula is C16H21N3O2. The third kappa shape index (κ3) is 2.16. The van der Waals surface area contributed by atoms with Crippen LogP contribution in [0.4, 0.5) is 4.79 Å². The summed E-state index contributed by atoms with van der Waals surface area (Å²) in [4.78, 5) is 16.2. The largest absolute Gasteiger partial charge is 0.508 e. The zero-order valence-corrected chi connectivity index (χ0v) is 12.1. The molecule has 1 aromatic rings. The number of carbonyl (C=O) groups is 1. The van der Waals surface area contributed by atoms with Gasteiger partial charge in [0.15, 0.2) is 0 Å². The Balaban J connectivity index is 1.57. The molecule has 0 bridgehead atoms. The molecule has 5 heteroatoms. The molecular weight excluding hydrogens is 266 g/mol. The molecule has 2 heterocycles. The Hall–Kier alpha value is -1.75. The van der Waals surface area contributed by atoms with Crippen molar-refractivity contribution in [3.05, 3.63) is 29.3 Å². The van der Waals surface area contributed by atoms with Gasteiger partial charge in [0.25, 0.3) is 0 Å². The van der Waals surface area contributed by atoms with Gasteiger partial charge in [-0.1, -0.05) is 6.07 Å². The van der Waals surface area contributed by atoms with Crippen molar-refractivity contribution < 1.29 is 9.90 Å². The number of amides is 2. The van der Waals surface area contributed by atoms with E-state index in [1.165, 1.54) is 24.0 Å². The van der Waals surface area contributed by atoms with Crippen LogP contribution in [0.5, 0.6) is 5.75 Å². The van der Waals surface area contributed by atoms with Crippen molar-refractivity contribution >= 4 is 6.03 Å². The first kappa shape index (κ1) is 13.0. The number of aromatic hydroxyl groups is 1. The van der Waals surface area contributed by atoms with E-state index in [9.17, 15) is 9.90 Å². The summed E-state index contributed by atoms with van der Waals surface area (Å²) in [6.07, 6.45) is 3.40. The first-order chi connectivity index (χ1) is 10.2. The lowest BCUT2D eigenvalue weighted by atomic mass is 9.86. The lowest BCUT2D eigenvalue weighted by molar-refractivity contribution is 0.0807. The van der Waals surface area contributed by atoms with E-state index in [1.54, 1.807) is 6.07 Å². The quantitative estimate of drug-likeness (QED) is 0.822. The Labute approximate surface area is 124 Å². The Morgan fingerprint density at radius 2 is 2.19 bits per heavy atom. The molecule has 2 amide bonds. The van der Waals surface area contributed by atoms with Gasteiger partial charge in [-0.05, 0) is 42.5 Å². The van der Waals surface area contributed by atoms with Crippen LogP contribution in [-0.2, 0) is 6.42 Å². The van der Waals surface area contributed by atoms with Crippen molar-refractivity contribution in [3.8, 4) is 5.75 Å². The number of rotatable bonds is 1. The molecule has 2 N–H and O–H groups in total. The topological polar surface area (TPSA) is 55.8 Å². The number of carbonyl (C=O) groups excluding carboxylic acids is 1. The first-order valence-corrected chi connectivity index (χ1v) is 7.82. The summed E-state index contributed by atoms with van der Waals surface area (Å²) in [7, 11) is 0. The van der Waals surface area contributed by atoms with Gasteiger partial charge in [-0.25, -0.2) is 4.79 Å². The fourth-order valence-electron chi connectivity index (χ4n) is 4.07. The average molecular weight is 287 g/mol. The predicted octanol–water partition coefficient (Wildman–Crippen LogP) is 1.48. The maximum atomic E-state index is 11.7. The number of hydrogen-bond donors (Lipinski definition) is 2. The van der Waals surface area contributed by atoms with Crippen molar-refractivity contribution in [1.82, 2.24) is 15.1 Å². The highest BCUT2D eigenvalue weighted by molar-refractivity contribution is 5.77. The van der Waals surface area contributed by atoms with E-state index < -0.39 is 0 Å². The van der Waals surface area contributed by atoms with Crippen molar-refractivity contribution in [2.45, 2.75) is 31.3 Å². The Morgan fingerprint density at radius 3 is 3.10 bits per heavy atom.